The van der Waals surface area contributed by atoms with Gasteiger partial charge < -0.3 is 5.11 Å². The smallest absolute Gasteiger partial charge is 0.161 e. The topological polar surface area (TPSA) is 37.3 Å². The Bertz CT molecular complexity index is 502. The second kappa shape index (κ2) is 36.8. The van der Waals surface area contributed by atoms with E-state index in [1.54, 1.807) is 0 Å². The molecule has 1 N–H and O–H groups in total. The predicted molar refractivity (Wildman–Crippen MR) is 189 cm³/mol. The number of unbranched alkanes of at least 4 members (excludes halogenated alkanes) is 32. The second-order valence-corrected chi connectivity index (χ2v) is 13.8. The van der Waals surface area contributed by atoms with Crippen LogP contribution in [0.3, 0.4) is 0 Å². The number of hydrogen-bond donors (Lipinski definition) is 1. The summed E-state index contributed by atoms with van der Waals surface area (Å²) in [5, 5.41) is 10.2. The highest BCUT2D eigenvalue weighted by Gasteiger charge is 2.13. The molecule has 2 nitrogen and oxygen atoms in total. The maximum Gasteiger partial charge on any atom is 0.161 e. The van der Waals surface area contributed by atoms with Crippen LogP contribution in [0.4, 0.5) is 0 Å². The number of aliphatic hydroxyl groups excluding tert-OH is 1. The minimum Gasteiger partial charge on any atom is -0.385 e. The third kappa shape index (κ3) is 34.1. The fourth-order valence-corrected chi connectivity index (χ4v) is 6.41. The van der Waals surface area contributed by atoms with Crippen molar-refractivity contribution in [3.8, 4) is 0 Å². The van der Waals surface area contributed by atoms with Crippen LogP contribution in [0, 0.1) is 0 Å². The lowest BCUT2D eigenvalue weighted by Crippen LogP contribution is -2.19. The van der Waals surface area contributed by atoms with Gasteiger partial charge in [-0.15, -0.1) is 0 Å². The Morgan fingerprint density at radius 3 is 0.833 bits per heavy atom. The molecule has 0 amide bonds. The highest BCUT2D eigenvalue weighted by molar-refractivity contribution is 5.82. The standard InChI is InChI=1S/C40H80O2/c1-3-5-7-9-11-13-15-17-19-21-23-25-27-29-31-33-35-37-39(41)40(42)38-36-34-32-30-28-26-24-22-20-18-16-14-12-10-8-6-4-2/h39,41H,3-38H2,1-2H3. The molecule has 0 aromatic rings. The molecule has 0 saturated carbocycles. The summed E-state index contributed by atoms with van der Waals surface area (Å²) in [5.74, 6) is 0.0902. The first-order chi connectivity index (χ1) is 20.7. The van der Waals surface area contributed by atoms with E-state index in [4.69, 9.17) is 0 Å². The number of carbonyl (C=O) groups excluding carboxylic acids is 1. The van der Waals surface area contributed by atoms with Crippen LogP contribution in [0.1, 0.15) is 245 Å². The Hall–Kier alpha value is -0.370. The van der Waals surface area contributed by atoms with Crippen LogP contribution in [0.5, 0.6) is 0 Å². The van der Waals surface area contributed by atoms with Gasteiger partial charge in [-0.05, 0) is 12.8 Å². The van der Waals surface area contributed by atoms with Crippen LogP contribution in [0.2, 0.25) is 0 Å². The Labute approximate surface area is 266 Å². The molecule has 1 unspecified atom stereocenters. The molecule has 0 rings (SSSR count). The monoisotopic (exact) mass is 593 g/mol. The quantitative estimate of drug-likeness (QED) is 0.0728. The minimum absolute atomic E-state index is 0.0902. The Morgan fingerprint density at radius 2 is 0.571 bits per heavy atom. The number of carbonyl (C=O) groups is 1. The van der Waals surface area contributed by atoms with Crippen molar-refractivity contribution in [2.75, 3.05) is 0 Å². The molecule has 0 aliphatic carbocycles. The first-order valence-electron chi connectivity index (χ1n) is 19.9. The first kappa shape index (κ1) is 41.6. The SMILES string of the molecule is CCCCCCCCCCCCCCCCCCCC(=O)C(O)CCCCCCCCCCCCCCCCCCC. The molecule has 0 radical (unpaired) electrons. The summed E-state index contributed by atoms with van der Waals surface area (Å²) in [6.45, 7) is 4.58. The van der Waals surface area contributed by atoms with Gasteiger partial charge in [0.1, 0.15) is 6.10 Å². The average Bonchev–Trinajstić information content (AvgIpc) is 3.00. The minimum atomic E-state index is -0.706. The number of rotatable bonds is 37. The van der Waals surface area contributed by atoms with Crippen molar-refractivity contribution in [3.05, 3.63) is 0 Å². The van der Waals surface area contributed by atoms with Gasteiger partial charge in [0.25, 0.3) is 0 Å². The van der Waals surface area contributed by atoms with Crippen LogP contribution in [0.25, 0.3) is 0 Å². The summed E-state index contributed by atoms with van der Waals surface area (Å²) in [6, 6.07) is 0. The Morgan fingerprint density at radius 1 is 0.357 bits per heavy atom. The van der Waals surface area contributed by atoms with Crippen LogP contribution >= 0.6 is 0 Å². The molecule has 0 aliphatic rings. The summed E-state index contributed by atoms with van der Waals surface area (Å²) < 4.78 is 0. The van der Waals surface area contributed by atoms with Crippen LogP contribution in [-0.4, -0.2) is 17.0 Å². The van der Waals surface area contributed by atoms with Crippen molar-refractivity contribution < 1.29 is 9.90 Å². The van der Waals surface area contributed by atoms with Crippen molar-refractivity contribution in [1.82, 2.24) is 0 Å². The molecular weight excluding hydrogens is 512 g/mol. The van der Waals surface area contributed by atoms with Crippen molar-refractivity contribution in [3.63, 3.8) is 0 Å². The van der Waals surface area contributed by atoms with E-state index >= 15 is 0 Å². The number of aliphatic hydroxyl groups is 1. The largest absolute Gasteiger partial charge is 0.385 e. The molecule has 0 spiro atoms. The van der Waals surface area contributed by atoms with Gasteiger partial charge in [0.2, 0.25) is 0 Å². The molecule has 0 heterocycles. The van der Waals surface area contributed by atoms with Gasteiger partial charge in [-0.2, -0.15) is 0 Å². The van der Waals surface area contributed by atoms with Gasteiger partial charge in [0.15, 0.2) is 5.78 Å². The van der Waals surface area contributed by atoms with Crippen LogP contribution < -0.4 is 0 Å². The van der Waals surface area contributed by atoms with E-state index in [0.29, 0.717) is 12.8 Å². The lowest BCUT2D eigenvalue weighted by atomic mass is 10.00. The Balaban J connectivity index is 3.26. The molecule has 0 saturated heterocycles. The maximum atomic E-state index is 12.3. The van der Waals surface area contributed by atoms with E-state index in [2.05, 4.69) is 13.8 Å². The fourth-order valence-electron chi connectivity index (χ4n) is 6.41. The summed E-state index contributed by atoms with van der Waals surface area (Å²) in [4.78, 5) is 12.3. The van der Waals surface area contributed by atoms with Gasteiger partial charge in [0, 0.05) is 6.42 Å². The molecule has 0 aromatic carbocycles. The molecule has 0 aromatic heterocycles. The molecular formula is C40H80O2. The lowest BCUT2D eigenvalue weighted by Gasteiger charge is -2.09. The summed E-state index contributed by atoms with van der Waals surface area (Å²) >= 11 is 0. The van der Waals surface area contributed by atoms with Crippen molar-refractivity contribution in [1.29, 1.82) is 0 Å². The van der Waals surface area contributed by atoms with Crippen LogP contribution in [0.15, 0.2) is 0 Å². The predicted octanol–water partition coefficient (Wildman–Crippen LogP) is 14.0. The van der Waals surface area contributed by atoms with Gasteiger partial charge >= 0.3 is 0 Å². The molecule has 1 atom stereocenters. The van der Waals surface area contributed by atoms with Crippen molar-refractivity contribution in [2.45, 2.75) is 251 Å². The molecule has 42 heavy (non-hydrogen) atoms. The third-order valence-corrected chi connectivity index (χ3v) is 9.48. The zero-order chi connectivity index (χ0) is 30.6. The van der Waals surface area contributed by atoms with Gasteiger partial charge in [-0.3, -0.25) is 4.79 Å². The lowest BCUT2D eigenvalue weighted by molar-refractivity contribution is -0.127. The summed E-state index contributed by atoms with van der Waals surface area (Å²) in [5.41, 5.74) is 0. The average molecular weight is 593 g/mol. The molecule has 0 aliphatic heterocycles. The molecule has 0 bridgehead atoms. The number of ketones is 1. The molecule has 0 fully saturated rings. The zero-order valence-corrected chi connectivity index (χ0v) is 29.4. The van der Waals surface area contributed by atoms with E-state index < -0.39 is 6.10 Å². The van der Waals surface area contributed by atoms with E-state index in [1.807, 2.05) is 0 Å². The summed E-state index contributed by atoms with van der Waals surface area (Å²) in [7, 11) is 0. The first-order valence-corrected chi connectivity index (χ1v) is 19.9. The highest BCUT2D eigenvalue weighted by atomic mass is 16.3. The Kier molecular flexibility index (Phi) is 36.5. The molecule has 2 heteroatoms. The second-order valence-electron chi connectivity index (χ2n) is 13.8. The van der Waals surface area contributed by atoms with Gasteiger partial charge in [-0.1, -0.05) is 226 Å². The number of hydrogen-bond acceptors (Lipinski definition) is 2. The van der Waals surface area contributed by atoms with Crippen molar-refractivity contribution >= 4 is 5.78 Å². The highest BCUT2D eigenvalue weighted by Crippen LogP contribution is 2.17. The van der Waals surface area contributed by atoms with Gasteiger partial charge in [-0.25, -0.2) is 0 Å². The summed E-state index contributed by atoms with van der Waals surface area (Å²) in [6.07, 6.45) is 46.8. The van der Waals surface area contributed by atoms with Crippen LogP contribution in [-0.2, 0) is 4.79 Å². The van der Waals surface area contributed by atoms with E-state index in [-0.39, 0.29) is 5.78 Å². The zero-order valence-electron chi connectivity index (χ0n) is 29.4. The number of Topliss-reactive ketones (excluding diaryl/α,β-unsaturated/α-hetero) is 1. The van der Waals surface area contributed by atoms with E-state index in [9.17, 15) is 9.90 Å². The molecule has 252 valence electrons. The van der Waals surface area contributed by atoms with E-state index in [1.165, 1.54) is 199 Å². The maximum absolute atomic E-state index is 12.3. The van der Waals surface area contributed by atoms with Crippen molar-refractivity contribution in [2.24, 2.45) is 0 Å². The third-order valence-electron chi connectivity index (χ3n) is 9.48. The normalized spacial score (nSPS) is 12.3. The fraction of sp³-hybridized carbons (Fsp3) is 0.975. The van der Waals surface area contributed by atoms with E-state index in [0.717, 1.165) is 19.3 Å². The van der Waals surface area contributed by atoms with Gasteiger partial charge in [0.05, 0.1) is 0 Å².